The minimum atomic E-state index is -4.35. The van der Waals surface area contributed by atoms with Gasteiger partial charge in [-0.2, -0.15) is 13.2 Å². The summed E-state index contributed by atoms with van der Waals surface area (Å²) in [5.74, 6) is 0.935. The highest BCUT2D eigenvalue weighted by Gasteiger charge is 2.45. The molecule has 1 heterocycles. The molecule has 2 aliphatic rings. The van der Waals surface area contributed by atoms with E-state index in [-0.39, 0.29) is 11.7 Å². The number of benzene rings is 2. The first kappa shape index (κ1) is 23.1. The van der Waals surface area contributed by atoms with Crippen molar-refractivity contribution in [3.05, 3.63) is 64.7 Å². The van der Waals surface area contributed by atoms with Gasteiger partial charge < -0.3 is 4.74 Å². The molecule has 7 heteroatoms. The fourth-order valence-electron chi connectivity index (χ4n) is 4.77. The van der Waals surface area contributed by atoms with E-state index in [9.17, 15) is 18.0 Å². The van der Waals surface area contributed by atoms with Gasteiger partial charge in [0.2, 0.25) is 0 Å². The lowest BCUT2D eigenvalue weighted by Crippen LogP contribution is -2.49. The van der Waals surface area contributed by atoms with E-state index in [1.54, 1.807) is 0 Å². The molecule has 0 amide bonds. The number of ketones is 1. The quantitative estimate of drug-likeness (QED) is 0.492. The molecule has 0 unspecified atom stereocenters. The van der Waals surface area contributed by atoms with E-state index >= 15 is 0 Å². The predicted octanol–water partition coefficient (Wildman–Crippen LogP) is 6.14. The van der Waals surface area contributed by atoms with Gasteiger partial charge in [0, 0.05) is 17.5 Å². The van der Waals surface area contributed by atoms with Crippen LogP contribution in [0.5, 0.6) is 5.75 Å². The number of hydrogen-bond donors (Lipinski definition) is 0. The largest absolute Gasteiger partial charge is 0.493 e. The number of halogens is 4. The van der Waals surface area contributed by atoms with Crippen LogP contribution in [0.2, 0.25) is 5.02 Å². The number of nitrogens with zero attached hydrogens (tertiary/aromatic N) is 1. The summed E-state index contributed by atoms with van der Waals surface area (Å²) in [7, 11) is 0. The van der Waals surface area contributed by atoms with Gasteiger partial charge in [-0.15, -0.1) is 0 Å². The Labute approximate surface area is 191 Å². The van der Waals surface area contributed by atoms with Crippen LogP contribution in [0.15, 0.2) is 48.5 Å². The number of piperidine rings is 1. The van der Waals surface area contributed by atoms with Crippen LogP contribution in [0.3, 0.4) is 0 Å². The monoisotopic (exact) mass is 465 g/mol. The minimum Gasteiger partial charge on any atom is -0.493 e. The van der Waals surface area contributed by atoms with Gasteiger partial charge in [-0.05, 0) is 74.2 Å². The molecule has 0 N–H and O–H groups in total. The van der Waals surface area contributed by atoms with Crippen LogP contribution in [-0.4, -0.2) is 36.9 Å². The number of alkyl halides is 3. The second-order valence-electron chi connectivity index (χ2n) is 8.94. The van der Waals surface area contributed by atoms with E-state index in [0.717, 1.165) is 62.9 Å². The molecule has 3 nitrogen and oxygen atoms in total. The van der Waals surface area contributed by atoms with Crippen LogP contribution < -0.4 is 4.74 Å². The number of carbonyl (C=O) groups is 1. The van der Waals surface area contributed by atoms with Crippen molar-refractivity contribution in [2.45, 2.75) is 43.7 Å². The van der Waals surface area contributed by atoms with Crippen LogP contribution in [0.25, 0.3) is 0 Å². The fourth-order valence-corrected chi connectivity index (χ4v) is 4.89. The summed E-state index contributed by atoms with van der Waals surface area (Å²) in [5.41, 5.74) is -0.0241. The maximum absolute atomic E-state index is 13.3. The third kappa shape index (κ3) is 5.12. The topological polar surface area (TPSA) is 29.5 Å². The molecule has 2 aromatic rings. The van der Waals surface area contributed by atoms with Crippen molar-refractivity contribution < 1.29 is 22.7 Å². The molecule has 2 fully saturated rings. The highest BCUT2D eigenvalue weighted by atomic mass is 35.5. The van der Waals surface area contributed by atoms with E-state index in [2.05, 4.69) is 4.90 Å². The molecule has 0 aromatic heterocycles. The standard InChI is InChI=1S/C25H27ClF3NO2/c26-21-8-4-19(5-9-21)24(12-2-13-24)23(31)16-30-14-1-3-18(15-30)17-32-22-10-6-20(7-11-22)25(27,28)29/h4-11,18H,1-3,12-17H2/t18-/m0/s1. The van der Waals surface area contributed by atoms with E-state index in [4.69, 9.17) is 16.3 Å². The average molecular weight is 466 g/mol. The summed E-state index contributed by atoms with van der Waals surface area (Å²) in [4.78, 5) is 15.5. The molecule has 0 spiro atoms. The Morgan fingerprint density at radius 3 is 2.34 bits per heavy atom. The second-order valence-corrected chi connectivity index (χ2v) is 9.38. The first-order valence-electron chi connectivity index (χ1n) is 11.1. The smallest absolute Gasteiger partial charge is 0.416 e. The van der Waals surface area contributed by atoms with Crippen molar-refractivity contribution in [2.75, 3.05) is 26.2 Å². The lowest BCUT2D eigenvalue weighted by atomic mass is 9.62. The van der Waals surface area contributed by atoms with E-state index in [0.29, 0.717) is 23.9 Å². The first-order chi connectivity index (χ1) is 15.3. The Balaban J connectivity index is 1.32. The molecule has 1 aliphatic heterocycles. The molecule has 1 aliphatic carbocycles. The third-order valence-corrected chi connectivity index (χ3v) is 7.03. The lowest BCUT2D eigenvalue weighted by molar-refractivity contribution is -0.137. The summed E-state index contributed by atoms with van der Waals surface area (Å²) in [6, 6.07) is 12.4. The number of Topliss-reactive ketones (excluding diaryl/α,β-unsaturated/α-hetero) is 1. The van der Waals surface area contributed by atoms with Gasteiger partial charge in [-0.25, -0.2) is 0 Å². The minimum absolute atomic E-state index is 0.242. The molecule has 1 atom stereocenters. The molecule has 2 aromatic carbocycles. The number of rotatable bonds is 7. The van der Waals surface area contributed by atoms with Gasteiger partial charge in [0.25, 0.3) is 0 Å². The number of likely N-dealkylation sites (tertiary alicyclic amines) is 1. The summed E-state index contributed by atoms with van der Waals surface area (Å²) >= 11 is 6.02. The average Bonchev–Trinajstić information content (AvgIpc) is 2.73. The molecular weight excluding hydrogens is 439 g/mol. The highest BCUT2D eigenvalue weighted by Crippen LogP contribution is 2.45. The Bertz CT molecular complexity index is 924. The summed E-state index contributed by atoms with van der Waals surface area (Å²) < 4.78 is 43.9. The molecule has 1 saturated heterocycles. The van der Waals surface area contributed by atoms with E-state index < -0.39 is 17.2 Å². The Hall–Kier alpha value is -2.05. The molecule has 4 rings (SSSR count). The van der Waals surface area contributed by atoms with Crippen LogP contribution in [0, 0.1) is 5.92 Å². The molecule has 1 saturated carbocycles. The van der Waals surface area contributed by atoms with Gasteiger partial charge in [0.15, 0.2) is 5.78 Å². The van der Waals surface area contributed by atoms with E-state index in [1.165, 1.54) is 12.1 Å². The maximum atomic E-state index is 13.3. The summed E-state index contributed by atoms with van der Waals surface area (Å²) in [6.07, 6.45) is 0.413. The Kier molecular flexibility index (Phi) is 6.82. The fraction of sp³-hybridized carbons (Fsp3) is 0.480. The number of hydrogen-bond acceptors (Lipinski definition) is 3. The van der Waals surface area contributed by atoms with Crippen molar-refractivity contribution in [3.8, 4) is 5.75 Å². The zero-order chi connectivity index (χ0) is 22.8. The predicted molar refractivity (Wildman–Crippen MR) is 118 cm³/mol. The molecule has 172 valence electrons. The molecular formula is C25H27ClF3NO2. The lowest BCUT2D eigenvalue weighted by Gasteiger charge is -2.43. The van der Waals surface area contributed by atoms with Crippen molar-refractivity contribution in [1.29, 1.82) is 0 Å². The SMILES string of the molecule is O=C(CN1CCC[C@H](COc2ccc(C(F)(F)F)cc2)C1)C1(c2ccc(Cl)cc2)CCC1. The van der Waals surface area contributed by atoms with Gasteiger partial charge in [-0.3, -0.25) is 9.69 Å². The third-order valence-electron chi connectivity index (χ3n) is 6.78. The Morgan fingerprint density at radius 2 is 1.75 bits per heavy atom. The van der Waals surface area contributed by atoms with Gasteiger partial charge in [-0.1, -0.05) is 30.2 Å². The second kappa shape index (κ2) is 9.44. The zero-order valence-electron chi connectivity index (χ0n) is 17.8. The number of ether oxygens (including phenoxy) is 1. The van der Waals surface area contributed by atoms with Gasteiger partial charge >= 0.3 is 6.18 Å². The Morgan fingerprint density at radius 1 is 1.06 bits per heavy atom. The number of carbonyl (C=O) groups excluding carboxylic acids is 1. The maximum Gasteiger partial charge on any atom is 0.416 e. The zero-order valence-corrected chi connectivity index (χ0v) is 18.6. The van der Waals surface area contributed by atoms with Gasteiger partial charge in [0.1, 0.15) is 5.75 Å². The van der Waals surface area contributed by atoms with E-state index in [1.807, 2.05) is 24.3 Å². The summed E-state index contributed by atoms with van der Waals surface area (Å²) in [5, 5.41) is 0.669. The van der Waals surface area contributed by atoms with Crippen molar-refractivity contribution >= 4 is 17.4 Å². The van der Waals surface area contributed by atoms with Crippen LogP contribution in [-0.2, 0) is 16.4 Å². The van der Waals surface area contributed by atoms with Crippen molar-refractivity contribution in [1.82, 2.24) is 4.90 Å². The normalized spacial score (nSPS) is 21.1. The first-order valence-corrected chi connectivity index (χ1v) is 11.5. The van der Waals surface area contributed by atoms with Crippen LogP contribution in [0.1, 0.15) is 43.2 Å². The van der Waals surface area contributed by atoms with Crippen LogP contribution in [0.4, 0.5) is 13.2 Å². The molecule has 0 radical (unpaired) electrons. The summed E-state index contributed by atoms with van der Waals surface area (Å²) in [6.45, 7) is 2.47. The van der Waals surface area contributed by atoms with Crippen molar-refractivity contribution in [3.63, 3.8) is 0 Å². The van der Waals surface area contributed by atoms with Crippen molar-refractivity contribution in [2.24, 2.45) is 5.92 Å². The van der Waals surface area contributed by atoms with Crippen LogP contribution >= 0.6 is 11.6 Å². The molecule has 32 heavy (non-hydrogen) atoms. The van der Waals surface area contributed by atoms with Gasteiger partial charge in [0.05, 0.1) is 24.1 Å². The highest BCUT2D eigenvalue weighted by molar-refractivity contribution is 6.30. The molecule has 0 bridgehead atoms.